The summed E-state index contributed by atoms with van der Waals surface area (Å²) in [4.78, 5) is 2.72. The van der Waals surface area contributed by atoms with Gasteiger partial charge in [-0.15, -0.1) is 0 Å². The van der Waals surface area contributed by atoms with Crippen LogP contribution in [0.1, 0.15) is 25.7 Å². The molecule has 3 nitrogen and oxygen atoms in total. The largest absolute Gasteiger partial charge is 0.381 e. The summed E-state index contributed by atoms with van der Waals surface area (Å²) in [5.74, 6) is 1.70. The molecule has 0 aromatic rings. The van der Waals surface area contributed by atoms with Crippen LogP contribution in [0.3, 0.4) is 0 Å². The average molecular weight is 224 g/mol. The fraction of sp³-hybridized carbons (Fsp3) is 1.00. The summed E-state index contributed by atoms with van der Waals surface area (Å²) >= 11 is 0. The van der Waals surface area contributed by atoms with E-state index in [9.17, 15) is 0 Å². The van der Waals surface area contributed by atoms with E-state index in [4.69, 9.17) is 4.74 Å². The molecule has 2 saturated carbocycles. The quantitative estimate of drug-likeness (QED) is 0.760. The predicted octanol–water partition coefficient (Wildman–Crippen LogP) is 1.10. The van der Waals surface area contributed by atoms with E-state index < -0.39 is 0 Å². The molecular weight excluding hydrogens is 200 g/mol. The number of nitrogens with zero attached hydrogens (tertiary/aromatic N) is 1. The molecule has 1 saturated heterocycles. The third-order valence-electron chi connectivity index (χ3n) is 4.93. The Kier molecular flexibility index (Phi) is 3.18. The van der Waals surface area contributed by atoms with Crippen molar-refractivity contribution in [2.24, 2.45) is 11.8 Å². The highest BCUT2D eigenvalue weighted by atomic mass is 16.5. The van der Waals surface area contributed by atoms with Crippen molar-refractivity contribution in [3.63, 3.8) is 0 Å². The van der Waals surface area contributed by atoms with E-state index in [1.165, 1.54) is 51.9 Å². The van der Waals surface area contributed by atoms with Crippen LogP contribution < -0.4 is 5.32 Å². The van der Waals surface area contributed by atoms with Crippen molar-refractivity contribution in [2.45, 2.75) is 37.8 Å². The molecule has 92 valence electrons. The molecule has 1 aliphatic heterocycles. The van der Waals surface area contributed by atoms with Crippen LogP contribution in [0.2, 0.25) is 0 Å². The van der Waals surface area contributed by atoms with E-state index in [1.54, 1.807) is 0 Å². The summed E-state index contributed by atoms with van der Waals surface area (Å²) < 4.78 is 5.68. The summed E-state index contributed by atoms with van der Waals surface area (Å²) in [6.07, 6.45) is 6.17. The van der Waals surface area contributed by atoms with Crippen LogP contribution in [-0.2, 0) is 4.74 Å². The number of ether oxygens (including phenoxy) is 1. The van der Waals surface area contributed by atoms with Gasteiger partial charge in [0.2, 0.25) is 0 Å². The van der Waals surface area contributed by atoms with Crippen molar-refractivity contribution in [2.75, 3.05) is 33.3 Å². The number of fused-ring (bicyclic) bond motifs is 2. The van der Waals surface area contributed by atoms with Crippen LogP contribution >= 0.6 is 0 Å². The Bertz CT molecular complexity index is 226. The number of hydrogen-bond acceptors (Lipinski definition) is 3. The Morgan fingerprint density at radius 1 is 1.06 bits per heavy atom. The Hall–Kier alpha value is -0.120. The van der Waals surface area contributed by atoms with E-state index in [0.717, 1.165) is 17.9 Å². The maximum absolute atomic E-state index is 5.68. The normalized spacial score (nSPS) is 44.8. The molecule has 0 aromatic heterocycles. The van der Waals surface area contributed by atoms with Gasteiger partial charge < -0.3 is 10.1 Å². The second kappa shape index (κ2) is 4.63. The van der Waals surface area contributed by atoms with Crippen molar-refractivity contribution < 1.29 is 4.74 Å². The van der Waals surface area contributed by atoms with Crippen LogP contribution in [0, 0.1) is 11.8 Å². The van der Waals surface area contributed by atoms with Crippen LogP contribution in [0.5, 0.6) is 0 Å². The minimum absolute atomic E-state index is 0.583. The highest BCUT2D eigenvalue weighted by Gasteiger charge is 2.44. The number of hydrogen-bond donors (Lipinski definition) is 1. The first-order valence-corrected chi connectivity index (χ1v) is 6.86. The molecule has 3 rings (SSSR count). The first-order valence-electron chi connectivity index (χ1n) is 6.86. The van der Waals surface area contributed by atoms with Gasteiger partial charge in [0.25, 0.3) is 0 Å². The van der Waals surface area contributed by atoms with Crippen LogP contribution in [0.25, 0.3) is 0 Å². The maximum atomic E-state index is 5.68. The highest BCUT2D eigenvalue weighted by Crippen LogP contribution is 2.45. The number of rotatable bonds is 2. The molecule has 0 aromatic carbocycles. The molecule has 2 aliphatic carbocycles. The second-order valence-corrected chi connectivity index (χ2v) is 5.71. The average Bonchev–Trinajstić information content (AvgIpc) is 2.59. The van der Waals surface area contributed by atoms with Gasteiger partial charge in [-0.1, -0.05) is 0 Å². The number of methoxy groups -OCH3 is 1. The SMILES string of the molecule is COC1C2CCC1CC(N1CCNCC1)C2. The molecule has 1 heterocycles. The molecule has 3 fully saturated rings. The maximum Gasteiger partial charge on any atom is 0.0628 e. The lowest BCUT2D eigenvalue weighted by Gasteiger charge is -2.42. The Labute approximate surface area is 98.5 Å². The summed E-state index contributed by atoms with van der Waals surface area (Å²) in [6, 6.07) is 0.853. The molecule has 16 heavy (non-hydrogen) atoms. The topological polar surface area (TPSA) is 24.5 Å². The summed E-state index contributed by atoms with van der Waals surface area (Å²) in [5.41, 5.74) is 0. The summed E-state index contributed by atoms with van der Waals surface area (Å²) in [7, 11) is 1.90. The van der Waals surface area contributed by atoms with Gasteiger partial charge in [-0.3, -0.25) is 4.90 Å². The van der Waals surface area contributed by atoms with Gasteiger partial charge in [0.15, 0.2) is 0 Å². The monoisotopic (exact) mass is 224 g/mol. The molecule has 2 unspecified atom stereocenters. The van der Waals surface area contributed by atoms with E-state index in [0.29, 0.717) is 6.10 Å². The van der Waals surface area contributed by atoms with Crippen LogP contribution in [0.15, 0.2) is 0 Å². The van der Waals surface area contributed by atoms with Gasteiger partial charge in [0, 0.05) is 39.3 Å². The minimum Gasteiger partial charge on any atom is -0.381 e. The molecule has 2 bridgehead atoms. The molecule has 0 spiro atoms. The predicted molar refractivity (Wildman–Crippen MR) is 64.5 cm³/mol. The standard InChI is InChI=1S/C13H24N2O/c1-16-13-10-2-3-11(13)9-12(8-10)15-6-4-14-5-7-15/h10-14H,2-9H2,1H3. The zero-order chi connectivity index (χ0) is 11.0. The summed E-state index contributed by atoms with van der Waals surface area (Å²) in [5, 5.41) is 3.45. The highest BCUT2D eigenvalue weighted by molar-refractivity contribution is 4.96. The summed E-state index contributed by atoms with van der Waals surface area (Å²) in [6.45, 7) is 4.86. The van der Waals surface area contributed by atoms with Crippen molar-refractivity contribution >= 4 is 0 Å². The van der Waals surface area contributed by atoms with Crippen LogP contribution in [0.4, 0.5) is 0 Å². The molecule has 0 radical (unpaired) electrons. The van der Waals surface area contributed by atoms with Crippen molar-refractivity contribution in [3.8, 4) is 0 Å². The Morgan fingerprint density at radius 3 is 2.25 bits per heavy atom. The number of nitrogens with one attached hydrogen (secondary N) is 1. The molecule has 2 atom stereocenters. The van der Waals surface area contributed by atoms with E-state index >= 15 is 0 Å². The molecule has 3 heteroatoms. The molecular formula is C13H24N2O. The lowest BCUT2D eigenvalue weighted by molar-refractivity contribution is -0.0170. The van der Waals surface area contributed by atoms with E-state index in [-0.39, 0.29) is 0 Å². The molecule has 0 amide bonds. The lowest BCUT2D eigenvalue weighted by atomic mass is 9.82. The second-order valence-electron chi connectivity index (χ2n) is 5.71. The van der Waals surface area contributed by atoms with Gasteiger partial charge in [-0.05, 0) is 37.5 Å². The fourth-order valence-electron chi connectivity index (χ4n) is 4.17. The third-order valence-corrected chi connectivity index (χ3v) is 4.93. The van der Waals surface area contributed by atoms with Gasteiger partial charge in [0.05, 0.1) is 6.10 Å². The van der Waals surface area contributed by atoms with Gasteiger partial charge in [-0.25, -0.2) is 0 Å². The number of piperazine rings is 1. The first-order chi connectivity index (χ1) is 7.88. The van der Waals surface area contributed by atoms with Gasteiger partial charge >= 0.3 is 0 Å². The van der Waals surface area contributed by atoms with E-state index in [1.807, 2.05) is 7.11 Å². The first kappa shape index (κ1) is 11.0. The van der Waals surface area contributed by atoms with Crippen LogP contribution in [-0.4, -0.2) is 50.3 Å². The Balaban J connectivity index is 1.63. The van der Waals surface area contributed by atoms with Gasteiger partial charge in [-0.2, -0.15) is 0 Å². The Morgan fingerprint density at radius 2 is 1.69 bits per heavy atom. The lowest BCUT2D eigenvalue weighted by Crippen LogP contribution is -2.51. The zero-order valence-electron chi connectivity index (χ0n) is 10.3. The van der Waals surface area contributed by atoms with Crippen molar-refractivity contribution in [1.82, 2.24) is 10.2 Å². The third kappa shape index (κ3) is 1.89. The zero-order valence-corrected chi connectivity index (χ0v) is 10.3. The minimum atomic E-state index is 0.583. The molecule has 3 aliphatic rings. The van der Waals surface area contributed by atoms with E-state index in [2.05, 4.69) is 10.2 Å². The molecule has 1 N–H and O–H groups in total. The van der Waals surface area contributed by atoms with Gasteiger partial charge in [0.1, 0.15) is 0 Å². The van der Waals surface area contributed by atoms with Crippen molar-refractivity contribution in [1.29, 1.82) is 0 Å². The fourth-order valence-corrected chi connectivity index (χ4v) is 4.17. The smallest absolute Gasteiger partial charge is 0.0628 e. The van der Waals surface area contributed by atoms with Crippen molar-refractivity contribution in [3.05, 3.63) is 0 Å².